The number of hydrogen-bond donors (Lipinski definition) is 1. The molecule has 0 aliphatic carbocycles. The van der Waals surface area contributed by atoms with Crippen molar-refractivity contribution in [3.8, 4) is 0 Å². The van der Waals surface area contributed by atoms with E-state index in [2.05, 4.69) is 18.7 Å². The maximum absolute atomic E-state index is 13.2. The molecule has 1 aromatic rings. The molecule has 20 heavy (non-hydrogen) atoms. The fourth-order valence-corrected chi connectivity index (χ4v) is 2.63. The molecule has 1 aromatic carbocycles. The van der Waals surface area contributed by atoms with Gasteiger partial charge in [0.1, 0.15) is 5.82 Å². The van der Waals surface area contributed by atoms with Gasteiger partial charge >= 0.3 is 0 Å². The maximum Gasteiger partial charge on any atom is 0.238 e. The van der Waals surface area contributed by atoms with E-state index in [1.165, 1.54) is 12.1 Å². The predicted octanol–water partition coefficient (Wildman–Crippen LogP) is 2.22. The maximum atomic E-state index is 13.2. The second kappa shape index (κ2) is 7.52. The SMILES string of the molecule is CCN(CC)CC/C=C\c1cc(F)ccc1S(N)(=O)=O. The van der Waals surface area contributed by atoms with Crippen LogP contribution in [0.15, 0.2) is 29.2 Å². The third kappa shape index (κ3) is 5.03. The van der Waals surface area contributed by atoms with Crippen LogP contribution in [-0.4, -0.2) is 33.0 Å². The van der Waals surface area contributed by atoms with Gasteiger partial charge in [-0.15, -0.1) is 0 Å². The topological polar surface area (TPSA) is 63.4 Å². The number of rotatable bonds is 7. The summed E-state index contributed by atoms with van der Waals surface area (Å²) in [4.78, 5) is 2.19. The van der Waals surface area contributed by atoms with E-state index in [0.29, 0.717) is 0 Å². The average Bonchev–Trinajstić information content (AvgIpc) is 2.37. The third-order valence-electron chi connectivity index (χ3n) is 3.08. The van der Waals surface area contributed by atoms with E-state index < -0.39 is 15.8 Å². The number of nitrogens with zero attached hydrogens (tertiary/aromatic N) is 1. The van der Waals surface area contributed by atoms with Gasteiger partial charge in [-0.3, -0.25) is 0 Å². The van der Waals surface area contributed by atoms with Crippen molar-refractivity contribution in [3.63, 3.8) is 0 Å². The summed E-state index contributed by atoms with van der Waals surface area (Å²) in [5, 5.41) is 5.11. The molecular weight excluding hydrogens is 279 g/mol. The van der Waals surface area contributed by atoms with Crippen molar-refractivity contribution >= 4 is 16.1 Å². The van der Waals surface area contributed by atoms with Crippen molar-refractivity contribution in [2.24, 2.45) is 5.14 Å². The number of benzene rings is 1. The first-order valence-corrected chi connectivity index (χ1v) is 8.14. The highest BCUT2D eigenvalue weighted by molar-refractivity contribution is 7.89. The summed E-state index contributed by atoms with van der Waals surface area (Å²) in [6.45, 7) is 6.97. The molecule has 4 nitrogen and oxygen atoms in total. The van der Waals surface area contributed by atoms with Crippen LogP contribution in [0, 0.1) is 5.82 Å². The molecule has 0 atom stereocenters. The quantitative estimate of drug-likeness (QED) is 0.840. The fourth-order valence-electron chi connectivity index (χ4n) is 1.92. The molecule has 0 fully saturated rings. The van der Waals surface area contributed by atoms with Gasteiger partial charge in [-0.1, -0.05) is 26.0 Å². The molecular formula is C14H21FN2O2S. The van der Waals surface area contributed by atoms with E-state index in [9.17, 15) is 12.8 Å². The van der Waals surface area contributed by atoms with Gasteiger partial charge in [-0.2, -0.15) is 0 Å². The van der Waals surface area contributed by atoms with Crippen molar-refractivity contribution in [2.75, 3.05) is 19.6 Å². The highest BCUT2D eigenvalue weighted by Gasteiger charge is 2.12. The number of sulfonamides is 1. The van der Waals surface area contributed by atoms with Crippen LogP contribution in [0.3, 0.4) is 0 Å². The van der Waals surface area contributed by atoms with E-state index in [1.807, 2.05) is 6.08 Å². The Balaban J connectivity index is 2.84. The second-order valence-electron chi connectivity index (χ2n) is 4.45. The minimum atomic E-state index is -3.84. The highest BCUT2D eigenvalue weighted by Crippen LogP contribution is 2.17. The van der Waals surface area contributed by atoms with Crippen molar-refractivity contribution in [3.05, 3.63) is 35.7 Å². The summed E-state index contributed by atoms with van der Waals surface area (Å²) >= 11 is 0. The van der Waals surface area contributed by atoms with Gasteiger partial charge in [0, 0.05) is 6.54 Å². The van der Waals surface area contributed by atoms with Crippen LogP contribution in [0.5, 0.6) is 0 Å². The van der Waals surface area contributed by atoms with E-state index in [4.69, 9.17) is 5.14 Å². The minimum absolute atomic E-state index is 0.0574. The van der Waals surface area contributed by atoms with Crippen LogP contribution in [-0.2, 0) is 10.0 Å². The van der Waals surface area contributed by atoms with Crippen LogP contribution < -0.4 is 5.14 Å². The lowest BCUT2D eigenvalue weighted by Gasteiger charge is -2.16. The third-order valence-corrected chi connectivity index (χ3v) is 4.07. The Kier molecular flexibility index (Phi) is 6.32. The zero-order valence-electron chi connectivity index (χ0n) is 11.8. The Bertz CT molecular complexity index is 567. The largest absolute Gasteiger partial charge is 0.304 e. The molecule has 1 rings (SSSR count). The Morgan fingerprint density at radius 3 is 2.50 bits per heavy atom. The molecule has 0 heterocycles. The molecule has 0 spiro atoms. The summed E-state index contributed by atoms with van der Waals surface area (Å²) in [6, 6.07) is 3.45. The molecule has 0 aromatic heterocycles. The van der Waals surface area contributed by atoms with Gasteiger partial charge in [0.25, 0.3) is 0 Å². The van der Waals surface area contributed by atoms with Crippen LogP contribution in [0.25, 0.3) is 6.08 Å². The monoisotopic (exact) mass is 300 g/mol. The molecule has 0 unspecified atom stereocenters. The van der Waals surface area contributed by atoms with Gasteiger partial charge in [-0.05, 0) is 43.3 Å². The smallest absolute Gasteiger partial charge is 0.238 e. The van der Waals surface area contributed by atoms with E-state index in [-0.39, 0.29) is 10.5 Å². The number of halogens is 1. The summed E-state index contributed by atoms with van der Waals surface area (Å²) in [6.07, 6.45) is 4.20. The molecule has 0 aliphatic rings. The van der Waals surface area contributed by atoms with Gasteiger partial charge in [0.05, 0.1) is 4.90 Å². The van der Waals surface area contributed by atoms with Crippen LogP contribution in [0.1, 0.15) is 25.8 Å². The first-order valence-electron chi connectivity index (χ1n) is 6.59. The van der Waals surface area contributed by atoms with Gasteiger partial charge in [-0.25, -0.2) is 17.9 Å². The van der Waals surface area contributed by atoms with Crippen molar-refractivity contribution in [1.82, 2.24) is 4.90 Å². The number of hydrogen-bond acceptors (Lipinski definition) is 3. The lowest BCUT2D eigenvalue weighted by Crippen LogP contribution is -2.23. The molecule has 0 bridgehead atoms. The molecule has 0 aliphatic heterocycles. The zero-order valence-corrected chi connectivity index (χ0v) is 12.7. The summed E-state index contributed by atoms with van der Waals surface area (Å²) < 4.78 is 36.0. The number of primary sulfonamides is 1. The van der Waals surface area contributed by atoms with Gasteiger partial charge < -0.3 is 4.90 Å². The van der Waals surface area contributed by atoms with Crippen LogP contribution in [0.4, 0.5) is 4.39 Å². The normalized spacial score (nSPS) is 12.4. The Labute approximate surface area is 120 Å². The molecule has 2 N–H and O–H groups in total. The van der Waals surface area contributed by atoms with Gasteiger partial charge in [0.2, 0.25) is 10.0 Å². The highest BCUT2D eigenvalue weighted by atomic mass is 32.2. The fraction of sp³-hybridized carbons (Fsp3) is 0.429. The molecule has 6 heteroatoms. The lowest BCUT2D eigenvalue weighted by molar-refractivity contribution is 0.310. The molecule has 0 saturated carbocycles. The molecule has 0 radical (unpaired) electrons. The molecule has 0 amide bonds. The minimum Gasteiger partial charge on any atom is -0.304 e. The molecule has 0 saturated heterocycles. The number of nitrogens with two attached hydrogens (primary N) is 1. The van der Waals surface area contributed by atoms with E-state index in [1.54, 1.807) is 6.08 Å². The van der Waals surface area contributed by atoms with Crippen molar-refractivity contribution in [2.45, 2.75) is 25.2 Å². The first-order chi connectivity index (χ1) is 9.38. The van der Waals surface area contributed by atoms with E-state index in [0.717, 1.165) is 32.1 Å². The van der Waals surface area contributed by atoms with Gasteiger partial charge in [0.15, 0.2) is 0 Å². The van der Waals surface area contributed by atoms with E-state index >= 15 is 0 Å². The van der Waals surface area contributed by atoms with Crippen molar-refractivity contribution < 1.29 is 12.8 Å². The molecule has 112 valence electrons. The standard InChI is InChI=1S/C14H21FN2O2S/c1-3-17(4-2)10-6-5-7-12-11-13(15)8-9-14(12)20(16,18)19/h5,7-9,11H,3-4,6,10H2,1-2H3,(H2,16,18,19)/b7-5-. The lowest BCUT2D eigenvalue weighted by atomic mass is 10.2. The zero-order chi connectivity index (χ0) is 15.2. The second-order valence-corrected chi connectivity index (χ2v) is 5.97. The Morgan fingerprint density at radius 2 is 1.95 bits per heavy atom. The van der Waals surface area contributed by atoms with Crippen molar-refractivity contribution in [1.29, 1.82) is 0 Å². The predicted molar refractivity (Wildman–Crippen MR) is 79.2 cm³/mol. The van der Waals surface area contributed by atoms with Crippen LogP contribution >= 0.6 is 0 Å². The summed E-state index contributed by atoms with van der Waals surface area (Å²) in [7, 11) is -3.84. The summed E-state index contributed by atoms with van der Waals surface area (Å²) in [5.74, 6) is -0.485. The van der Waals surface area contributed by atoms with Crippen LogP contribution in [0.2, 0.25) is 0 Å². The Morgan fingerprint density at radius 1 is 1.30 bits per heavy atom. The average molecular weight is 300 g/mol. The Hall–Kier alpha value is -1.24. The summed E-state index contributed by atoms with van der Waals surface area (Å²) in [5.41, 5.74) is 0.284. The first kappa shape index (κ1) is 16.8.